The Kier molecular flexibility index (Phi) is 11.1. The number of ether oxygens (including phenoxy) is 1. The quantitative estimate of drug-likeness (QED) is 0.288. The number of anilines is 1. The lowest BCUT2D eigenvalue weighted by Gasteiger charge is -2.07. The minimum atomic E-state index is -0.338. The summed E-state index contributed by atoms with van der Waals surface area (Å²) >= 11 is 0. The summed E-state index contributed by atoms with van der Waals surface area (Å²) in [5.74, 6) is 0.0652. The van der Waals surface area contributed by atoms with E-state index in [1.54, 1.807) is 18.2 Å². The molecular weight excluding hydrogens is 314 g/mol. The zero-order chi connectivity index (χ0) is 18.3. The van der Waals surface area contributed by atoms with Gasteiger partial charge in [-0.2, -0.15) is 0 Å². The first-order chi connectivity index (χ1) is 12.2. The van der Waals surface area contributed by atoms with Gasteiger partial charge in [0.25, 0.3) is 0 Å². The van der Waals surface area contributed by atoms with Gasteiger partial charge in [-0.05, 0) is 43.5 Å². The number of Topliss-reactive ketones (excluding diaryl/α,β-unsaturated/α-hetero) is 1. The average molecular weight is 345 g/mol. The van der Waals surface area contributed by atoms with Crippen molar-refractivity contribution in [2.45, 2.75) is 58.3 Å². The summed E-state index contributed by atoms with van der Waals surface area (Å²) < 4.78 is 4.99. The molecule has 0 aliphatic rings. The summed E-state index contributed by atoms with van der Waals surface area (Å²) in [4.78, 5) is 23.3. The van der Waals surface area contributed by atoms with E-state index in [9.17, 15) is 9.59 Å². The number of carbonyl (C=O) groups is 2. The van der Waals surface area contributed by atoms with Gasteiger partial charge < -0.3 is 10.1 Å². The number of rotatable bonds is 14. The summed E-state index contributed by atoms with van der Waals surface area (Å²) in [6.45, 7) is 6.76. The van der Waals surface area contributed by atoms with Crippen molar-refractivity contribution in [1.82, 2.24) is 0 Å². The summed E-state index contributed by atoms with van der Waals surface area (Å²) in [5, 5.41) is 3.33. The van der Waals surface area contributed by atoms with Crippen LogP contribution < -0.4 is 5.32 Å². The SMILES string of the molecule is C=CCOC(=O)c1ccc(NCCCCCC(=O)CCCCC)cc1. The van der Waals surface area contributed by atoms with E-state index in [2.05, 4.69) is 18.8 Å². The van der Waals surface area contributed by atoms with E-state index >= 15 is 0 Å². The summed E-state index contributed by atoms with van der Waals surface area (Å²) in [5.41, 5.74) is 1.52. The molecule has 25 heavy (non-hydrogen) atoms. The van der Waals surface area contributed by atoms with Crippen molar-refractivity contribution in [3.05, 3.63) is 42.5 Å². The number of benzene rings is 1. The standard InChI is InChI=1S/C21H31NO3/c1-3-5-7-10-20(23)11-8-6-9-16-22-19-14-12-18(13-15-19)21(24)25-17-4-2/h4,12-15,22H,2-3,5-11,16-17H2,1H3. The molecule has 0 heterocycles. The average Bonchev–Trinajstić information content (AvgIpc) is 2.63. The second-order valence-corrected chi connectivity index (χ2v) is 6.20. The molecular formula is C21H31NO3. The van der Waals surface area contributed by atoms with Gasteiger partial charge in [0, 0.05) is 25.1 Å². The molecule has 0 spiro atoms. The minimum Gasteiger partial charge on any atom is -0.458 e. The molecule has 0 radical (unpaired) electrons. The van der Waals surface area contributed by atoms with Crippen LogP contribution in [0.4, 0.5) is 5.69 Å². The van der Waals surface area contributed by atoms with Gasteiger partial charge in [-0.15, -0.1) is 0 Å². The fourth-order valence-corrected chi connectivity index (χ4v) is 2.50. The lowest BCUT2D eigenvalue weighted by Crippen LogP contribution is -2.06. The highest BCUT2D eigenvalue weighted by molar-refractivity contribution is 5.89. The fourth-order valence-electron chi connectivity index (χ4n) is 2.50. The van der Waals surface area contributed by atoms with E-state index in [1.165, 1.54) is 0 Å². The van der Waals surface area contributed by atoms with Gasteiger partial charge in [0.2, 0.25) is 0 Å². The Labute approximate surface area is 151 Å². The Hall–Kier alpha value is -2.10. The lowest BCUT2D eigenvalue weighted by atomic mass is 10.1. The molecule has 0 aliphatic carbocycles. The smallest absolute Gasteiger partial charge is 0.338 e. The van der Waals surface area contributed by atoms with Crippen molar-refractivity contribution in [2.75, 3.05) is 18.5 Å². The maximum absolute atomic E-state index is 11.7. The van der Waals surface area contributed by atoms with Gasteiger partial charge in [-0.25, -0.2) is 4.79 Å². The third-order valence-corrected chi connectivity index (χ3v) is 3.97. The van der Waals surface area contributed by atoms with Crippen LogP contribution in [0.2, 0.25) is 0 Å². The van der Waals surface area contributed by atoms with Crippen molar-refractivity contribution < 1.29 is 14.3 Å². The second-order valence-electron chi connectivity index (χ2n) is 6.20. The van der Waals surface area contributed by atoms with E-state index in [1.807, 2.05) is 12.1 Å². The molecule has 1 N–H and O–H groups in total. The summed E-state index contributed by atoms with van der Waals surface area (Å²) in [7, 11) is 0. The maximum Gasteiger partial charge on any atom is 0.338 e. The first-order valence-electron chi connectivity index (χ1n) is 9.31. The first-order valence-corrected chi connectivity index (χ1v) is 9.31. The molecule has 1 aromatic rings. The van der Waals surface area contributed by atoms with Crippen LogP contribution in [0.15, 0.2) is 36.9 Å². The van der Waals surface area contributed by atoms with E-state index in [-0.39, 0.29) is 12.6 Å². The van der Waals surface area contributed by atoms with Crippen LogP contribution in [0.1, 0.15) is 68.6 Å². The number of unbranched alkanes of at least 4 members (excludes halogenated alkanes) is 4. The van der Waals surface area contributed by atoms with Crippen LogP contribution in [0.3, 0.4) is 0 Å². The minimum absolute atomic E-state index is 0.222. The number of hydrogen-bond acceptors (Lipinski definition) is 4. The Morgan fingerprint density at radius 1 is 1.04 bits per heavy atom. The first kappa shape index (κ1) is 20.9. The van der Waals surface area contributed by atoms with Crippen LogP contribution in [-0.2, 0) is 9.53 Å². The van der Waals surface area contributed by atoms with Crippen LogP contribution in [0.5, 0.6) is 0 Å². The zero-order valence-corrected chi connectivity index (χ0v) is 15.4. The normalized spacial score (nSPS) is 10.3. The van der Waals surface area contributed by atoms with Crippen molar-refractivity contribution in [3.8, 4) is 0 Å². The number of esters is 1. The fraction of sp³-hybridized carbons (Fsp3) is 0.524. The third-order valence-electron chi connectivity index (χ3n) is 3.97. The largest absolute Gasteiger partial charge is 0.458 e. The van der Waals surface area contributed by atoms with Gasteiger partial charge >= 0.3 is 5.97 Å². The number of nitrogens with one attached hydrogen (secondary N) is 1. The van der Waals surface area contributed by atoms with Gasteiger partial charge in [-0.1, -0.05) is 38.8 Å². The molecule has 0 aromatic heterocycles. The van der Waals surface area contributed by atoms with E-state index in [0.29, 0.717) is 17.8 Å². The maximum atomic E-state index is 11.7. The molecule has 4 nitrogen and oxygen atoms in total. The van der Waals surface area contributed by atoms with Crippen LogP contribution in [0, 0.1) is 0 Å². The Morgan fingerprint density at radius 2 is 1.72 bits per heavy atom. The molecule has 0 bridgehead atoms. The molecule has 0 saturated carbocycles. The Balaban J connectivity index is 2.13. The van der Waals surface area contributed by atoms with Crippen LogP contribution in [-0.4, -0.2) is 24.9 Å². The highest BCUT2D eigenvalue weighted by atomic mass is 16.5. The van der Waals surface area contributed by atoms with Crippen molar-refractivity contribution in [2.24, 2.45) is 0 Å². The van der Waals surface area contributed by atoms with Gasteiger partial charge in [0.05, 0.1) is 5.56 Å². The number of hydrogen-bond donors (Lipinski definition) is 1. The molecule has 0 unspecified atom stereocenters. The predicted octanol–water partition coefficient (Wildman–Crippen LogP) is 5.15. The highest BCUT2D eigenvalue weighted by Crippen LogP contribution is 2.12. The van der Waals surface area contributed by atoms with Gasteiger partial charge in [0.15, 0.2) is 0 Å². The summed E-state index contributed by atoms with van der Waals surface area (Å²) in [6.07, 6.45) is 9.42. The summed E-state index contributed by atoms with van der Waals surface area (Å²) in [6, 6.07) is 7.26. The Morgan fingerprint density at radius 3 is 2.36 bits per heavy atom. The molecule has 138 valence electrons. The van der Waals surface area contributed by atoms with Gasteiger partial charge in [0.1, 0.15) is 12.4 Å². The molecule has 0 aliphatic heterocycles. The molecule has 0 atom stereocenters. The van der Waals surface area contributed by atoms with Crippen LogP contribution >= 0.6 is 0 Å². The predicted molar refractivity (Wildman–Crippen MR) is 103 cm³/mol. The zero-order valence-electron chi connectivity index (χ0n) is 15.4. The molecule has 1 aromatic carbocycles. The van der Waals surface area contributed by atoms with Crippen LogP contribution in [0.25, 0.3) is 0 Å². The van der Waals surface area contributed by atoms with Crippen molar-refractivity contribution in [3.63, 3.8) is 0 Å². The molecule has 0 saturated heterocycles. The Bertz CT molecular complexity index is 522. The van der Waals surface area contributed by atoms with E-state index < -0.39 is 0 Å². The van der Waals surface area contributed by atoms with Gasteiger partial charge in [-0.3, -0.25) is 4.79 Å². The lowest BCUT2D eigenvalue weighted by molar-refractivity contribution is -0.119. The third kappa shape index (κ3) is 9.70. The topological polar surface area (TPSA) is 55.4 Å². The van der Waals surface area contributed by atoms with E-state index in [4.69, 9.17) is 4.74 Å². The second kappa shape index (κ2) is 13.2. The molecule has 1 rings (SSSR count). The molecule has 0 amide bonds. The molecule has 4 heteroatoms. The van der Waals surface area contributed by atoms with Crippen molar-refractivity contribution >= 4 is 17.4 Å². The number of ketones is 1. The molecule has 0 fully saturated rings. The monoisotopic (exact) mass is 345 g/mol. The van der Waals surface area contributed by atoms with Crippen molar-refractivity contribution in [1.29, 1.82) is 0 Å². The van der Waals surface area contributed by atoms with E-state index in [0.717, 1.165) is 57.2 Å². The number of carbonyl (C=O) groups excluding carboxylic acids is 2. The highest BCUT2D eigenvalue weighted by Gasteiger charge is 2.05.